The Balaban J connectivity index is 3.70. The van der Waals surface area contributed by atoms with Crippen molar-refractivity contribution < 1.29 is 24.2 Å². The SMILES string of the molecule is CC/C=C\C/C=C\C/C=C\C/C=C\C/C=C\C/C=C\C/C=C\C/C=C\C/C=C\CCCCCC(=O)OC(CO)COC(=O)CCCCCCC/C=C\CCCCCCC. The van der Waals surface area contributed by atoms with Gasteiger partial charge in [0, 0.05) is 12.8 Å². The van der Waals surface area contributed by atoms with Crippen molar-refractivity contribution in [1.29, 1.82) is 0 Å². The van der Waals surface area contributed by atoms with Crippen LogP contribution >= 0.6 is 0 Å². The molecule has 0 radical (unpaired) electrons. The van der Waals surface area contributed by atoms with Crippen LogP contribution in [0, 0.1) is 0 Å². The first-order valence-electron chi connectivity index (χ1n) is 23.6. The molecule has 0 aliphatic carbocycles. The third-order valence-electron chi connectivity index (χ3n) is 9.49. The third kappa shape index (κ3) is 46.9. The molecular formula is C54H86O5. The third-order valence-corrected chi connectivity index (χ3v) is 9.49. The van der Waals surface area contributed by atoms with E-state index in [0.29, 0.717) is 12.8 Å². The maximum atomic E-state index is 12.2. The van der Waals surface area contributed by atoms with Crippen molar-refractivity contribution in [2.45, 2.75) is 193 Å². The van der Waals surface area contributed by atoms with Gasteiger partial charge in [0.15, 0.2) is 6.10 Å². The molecule has 5 nitrogen and oxygen atoms in total. The molecule has 0 saturated carbocycles. The minimum Gasteiger partial charge on any atom is -0.462 e. The minimum atomic E-state index is -0.801. The molecule has 0 aromatic carbocycles. The molecule has 59 heavy (non-hydrogen) atoms. The number of aliphatic hydroxyl groups is 1. The maximum absolute atomic E-state index is 12.2. The van der Waals surface area contributed by atoms with Crippen LogP contribution in [0.2, 0.25) is 0 Å². The highest BCUT2D eigenvalue weighted by Gasteiger charge is 2.16. The van der Waals surface area contributed by atoms with E-state index >= 15 is 0 Å². The highest BCUT2D eigenvalue weighted by atomic mass is 16.6. The molecule has 0 spiro atoms. The fraction of sp³-hybridized carbons (Fsp3) is 0.593. The molecule has 0 heterocycles. The first-order chi connectivity index (χ1) is 29.1. The van der Waals surface area contributed by atoms with Gasteiger partial charge in [-0.3, -0.25) is 9.59 Å². The predicted octanol–water partition coefficient (Wildman–Crippen LogP) is 15.6. The Morgan fingerprint density at radius 2 is 0.729 bits per heavy atom. The predicted molar refractivity (Wildman–Crippen MR) is 255 cm³/mol. The molecule has 0 aliphatic heterocycles. The van der Waals surface area contributed by atoms with Crippen LogP contribution in [0.1, 0.15) is 187 Å². The number of carbonyl (C=O) groups is 2. The van der Waals surface area contributed by atoms with E-state index in [0.717, 1.165) is 109 Å². The molecule has 0 rings (SSSR count). The van der Waals surface area contributed by atoms with Crippen LogP contribution in [0.4, 0.5) is 0 Å². The van der Waals surface area contributed by atoms with E-state index in [9.17, 15) is 14.7 Å². The standard InChI is InChI=1S/C54H86O5/c1-3-5-7-9-11-13-15-17-19-20-21-22-23-24-25-26-27-28-29-30-31-32-33-34-35-37-39-41-43-45-47-49-54(57)59-52(50-55)51-58-53(56)48-46-44-42-40-38-36-18-16-14-12-10-8-6-4-2/h5,7,11,13,16-19,21-22,24-25,27-28,30-31,33-34,37,39,52,55H,3-4,6,8-10,12,14-15,20,23,26,29,32,35-36,38,40-51H2,1-2H3/b7-5-,13-11-,18-16-,19-17-,22-21-,25-24-,28-27-,31-30-,34-33-,39-37-. The zero-order valence-corrected chi connectivity index (χ0v) is 37.7. The molecule has 1 N–H and O–H groups in total. The van der Waals surface area contributed by atoms with Crippen LogP contribution in [-0.2, 0) is 19.1 Å². The molecule has 0 aliphatic rings. The highest BCUT2D eigenvalue weighted by molar-refractivity contribution is 5.70. The summed E-state index contributed by atoms with van der Waals surface area (Å²) in [5.41, 5.74) is 0. The quantitative estimate of drug-likeness (QED) is 0.0378. The van der Waals surface area contributed by atoms with E-state index < -0.39 is 6.10 Å². The number of esters is 2. The number of unbranched alkanes of at least 4 members (excludes halogenated alkanes) is 13. The lowest BCUT2D eigenvalue weighted by Crippen LogP contribution is -2.28. The van der Waals surface area contributed by atoms with Gasteiger partial charge in [0.2, 0.25) is 0 Å². The summed E-state index contributed by atoms with van der Waals surface area (Å²) in [6.07, 6.45) is 71.3. The minimum absolute atomic E-state index is 0.0914. The molecular weight excluding hydrogens is 729 g/mol. The first-order valence-corrected chi connectivity index (χ1v) is 23.6. The lowest BCUT2D eigenvalue weighted by molar-refractivity contribution is -0.161. The molecule has 0 aromatic rings. The number of hydrogen-bond donors (Lipinski definition) is 1. The van der Waals surface area contributed by atoms with E-state index in [-0.39, 0.29) is 25.2 Å². The molecule has 1 atom stereocenters. The molecule has 0 fully saturated rings. The Bertz CT molecular complexity index is 1240. The van der Waals surface area contributed by atoms with Gasteiger partial charge >= 0.3 is 11.9 Å². The van der Waals surface area contributed by atoms with Gasteiger partial charge in [-0.2, -0.15) is 0 Å². The largest absolute Gasteiger partial charge is 0.462 e. The Hall–Kier alpha value is -3.70. The zero-order valence-electron chi connectivity index (χ0n) is 37.7. The fourth-order valence-corrected chi connectivity index (χ4v) is 5.95. The van der Waals surface area contributed by atoms with Crippen molar-refractivity contribution >= 4 is 11.9 Å². The van der Waals surface area contributed by atoms with Gasteiger partial charge in [-0.15, -0.1) is 0 Å². The molecule has 332 valence electrons. The van der Waals surface area contributed by atoms with Gasteiger partial charge in [0.1, 0.15) is 6.61 Å². The van der Waals surface area contributed by atoms with E-state index in [1.54, 1.807) is 0 Å². The van der Waals surface area contributed by atoms with Crippen molar-refractivity contribution in [2.75, 3.05) is 13.2 Å². The number of hydrogen-bond acceptors (Lipinski definition) is 5. The number of rotatable bonds is 41. The van der Waals surface area contributed by atoms with Crippen LogP contribution < -0.4 is 0 Å². The second kappa shape index (κ2) is 48.7. The van der Waals surface area contributed by atoms with Crippen LogP contribution in [-0.4, -0.2) is 36.4 Å². The fourth-order valence-electron chi connectivity index (χ4n) is 5.95. The summed E-state index contributed by atoms with van der Waals surface area (Å²) < 4.78 is 10.6. The van der Waals surface area contributed by atoms with Crippen molar-refractivity contribution in [3.05, 3.63) is 122 Å². The van der Waals surface area contributed by atoms with Crippen LogP contribution in [0.3, 0.4) is 0 Å². The summed E-state index contributed by atoms with van der Waals surface area (Å²) in [4.78, 5) is 24.3. The van der Waals surface area contributed by atoms with Gasteiger partial charge in [-0.1, -0.05) is 187 Å². The zero-order chi connectivity index (χ0) is 42.8. The van der Waals surface area contributed by atoms with Crippen LogP contribution in [0.5, 0.6) is 0 Å². The van der Waals surface area contributed by atoms with E-state index in [1.807, 2.05) is 0 Å². The summed E-state index contributed by atoms with van der Waals surface area (Å²) in [7, 11) is 0. The molecule has 1 unspecified atom stereocenters. The smallest absolute Gasteiger partial charge is 0.306 e. The molecule has 0 amide bonds. The normalized spacial score (nSPS) is 13.3. The van der Waals surface area contributed by atoms with E-state index in [4.69, 9.17) is 9.47 Å². The monoisotopic (exact) mass is 815 g/mol. The lowest BCUT2D eigenvalue weighted by atomic mass is 10.1. The van der Waals surface area contributed by atoms with Crippen molar-refractivity contribution in [3.63, 3.8) is 0 Å². The highest BCUT2D eigenvalue weighted by Crippen LogP contribution is 2.11. The van der Waals surface area contributed by atoms with Crippen molar-refractivity contribution in [1.82, 2.24) is 0 Å². The first kappa shape index (κ1) is 55.3. The molecule has 0 bridgehead atoms. The van der Waals surface area contributed by atoms with Gasteiger partial charge in [-0.05, 0) is 109 Å². The Labute approximate surface area is 363 Å². The average Bonchev–Trinajstić information content (AvgIpc) is 3.24. The molecule has 0 aromatic heterocycles. The summed E-state index contributed by atoms with van der Waals surface area (Å²) in [6.45, 7) is 3.96. The van der Waals surface area contributed by atoms with E-state index in [1.165, 1.54) is 51.4 Å². The number of allylic oxidation sites excluding steroid dienone is 20. The van der Waals surface area contributed by atoms with Crippen LogP contribution in [0.15, 0.2) is 122 Å². The van der Waals surface area contributed by atoms with Crippen molar-refractivity contribution in [3.8, 4) is 0 Å². The topological polar surface area (TPSA) is 72.8 Å². The Morgan fingerprint density at radius 3 is 1.14 bits per heavy atom. The van der Waals surface area contributed by atoms with Gasteiger partial charge in [-0.25, -0.2) is 0 Å². The van der Waals surface area contributed by atoms with Crippen molar-refractivity contribution in [2.24, 2.45) is 0 Å². The molecule has 0 saturated heterocycles. The Morgan fingerprint density at radius 1 is 0.407 bits per heavy atom. The molecule has 5 heteroatoms. The maximum Gasteiger partial charge on any atom is 0.306 e. The summed E-state index contributed by atoms with van der Waals surface area (Å²) in [5.74, 6) is -0.650. The summed E-state index contributed by atoms with van der Waals surface area (Å²) in [6, 6.07) is 0. The number of ether oxygens (including phenoxy) is 2. The van der Waals surface area contributed by atoms with Gasteiger partial charge < -0.3 is 14.6 Å². The second-order valence-corrected chi connectivity index (χ2v) is 15.1. The Kier molecular flexibility index (Phi) is 45.6. The van der Waals surface area contributed by atoms with Crippen LogP contribution in [0.25, 0.3) is 0 Å². The second-order valence-electron chi connectivity index (χ2n) is 15.1. The average molecular weight is 815 g/mol. The lowest BCUT2D eigenvalue weighted by Gasteiger charge is -2.15. The summed E-state index contributed by atoms with van der Waals surface area (Å²) >= 11 is 0. The van der Waals surface area contributed by atoms with Gasteiger partial charge in [0.05, 0.1) is 6.61 Å². The summed E-state index contributed by atoms with van der Waals surface area (Å²) in [5, 5.41) is 9.59. The van der Waals surface area contributed by atoms with Gasteiger partial charge in [0.25, 0.3) is 0 Å². The number of carbonyl (C=O) groups excluding carboxylic acids is 2. The number of aliphatic hydroxyl groups excluding tert-OH is 1. The van der Waals surface area contributed by atoms with E-state index in [2.05, 4.69) is 135 Å².